The van der Waals surface area contributed by atoms with E-state index in [1.165, 1.54) is 32.2 Å². The number of hydrogen-bond acceptors (Lipinski definition) is 2. The van der Waals surface area contributed by atoms with Gasteiger partial charge in [0, 0.05) is 18.1 Å². The quantitative estimate of drug-likeness (QED) is 0.789. The van der Waals surface area contributed by atoms with Gasteiger partial charge in [0.2, 0.25) is 0 Å². The summed E-state index contributed by atoms with van der Waals surface area (Å²) >= 11 is 0. The number of rotatable bonds is 5. The predicted octanol–water partition coefficient (Wildman–Crippen LogP) is 4.21. The lowest BCUT2D eigenvalue weighted by Gasteiger charge is -2.37. The molecule has 0 heterocycles. The van der Waals surface area contributed by atoms with Gasteiger partial charge in [0.1, 0.15) is 0 Å². The molecule has 1 saturated carbocycles. The first-order valence-electron chi connectivity index (χ1n) is 8.56. The van der Waals surface area contributed by atoms with Gasteiger partial charge in [-0.1, -0.05) is 20.8 Å². The second-order valence-electron chi connectivity index (χ2n) is 9.02. The van der Waals surface area contributed by atoms with Gasteiger partial charge in [-0.15, -0.1) is 0 Å². The molecule has 2 N–H and O–H groups in total. The Kier molecular flexibility index (Phi) is 6.53. The van der Waals surface area contributed by atoms with Crippen LogP contribution in [0.1, 0.15) is 74.1 Å². The molecule has 0 bridgehead atoms. The summed E-state index contributed by atoms with van der Waals surface area (Å²) in [5.41, 5.74) is 0.725. The average Bonchev–Trinajstić information content (AvgIpc) is 2.32. The summed E-state index contributed by atoms with van der Waals surface area (Å²) in [6.45, 7) is 18.4. The molecule has 2 nitrogen and oxygen atoms in total. The van der Waals surface area contributed by atoms with Gasteiger partial charge >= 0.3 is 0 Å². The summed E-state index contributed by atoms with van der Waals surface area (Å²) in [5.74, 6) is 1.82. The highest BCUT2D eigenvalue weighted by Crippen LogP contribution is 2.39. The predicted molar refractivity (Wildman–Crippen MR) is 90.1 cm³/mol. The Morgan fingerprint density at radius 2 is 1.50 bits per heavy atom. The molecule has 1 fully saturated rings. The molecule has 120 valence electrons. The maximum Gasteiger partial charge on any atom is 0.0164 e. The van der Waals surface area contributed by atoms with Crippen LogP contribution in [0.15, 0.2) is 0 Å². The molecule has 1 atom stereocenters. The van der Waals surface area contributed by atoms with Crippen LogP contribution in [-0.4, -0.2) is 24.7 Å². The molecule has 1 rings (SSSR count). The van der Waals surface area contributed by atoms with E-state index < -0.39 is 0 Å². The normalized spacial score (nSPS) is 26.6. The van der Waals surface area contributed by atoms with Crippen molar-refractivity contribution in [1.29, 1.82) is 0 Å². The smallest absolute Gasteiger partial charge is 0.0164 e. The fraction of sp³-hybridized carbons (Fsp3) is 1.00. The van der Waals surface area contributed by atoms with Crippen LogP contribution in [-0.2, 0) is 0 Å². The molecule has 0 saturated heterocycles. The molecule has 0 aromatic rings. The monoisotopic (exact) mass is 282 g/mol. The molecule has 2 heteroatoms. The summed E-state index contributed by atoms with van der Waals surface area (Å²) in [4.78, 5) is 0. The minimum atomic E-state index is 0.223. The lowest BCUT2D eigenvalue weighted by atomic mass is 9.70. The van der Waals surface area contributed by atoms with Crippen molar-refractivity contribution < 1.29 is 0 Å². The van der Waals surface area contributed by atoms with E-state index in [2.05, 4.69) is 59.1 Å². The lowest BCUT2D eigenvalue weighted by molar-refractivity contribution is 0.147. The number of nitrogens with one attached hydrogen (secondary N) is 2. The van der Waals surface area contributed by atoms with Crippen molar-refractivity contribution in [3.05, 3.63) is 0 Å². The molecule has 1 aliphatic carbocycles. The van der Waals surface area contributed by atoms with Crippen molar-refractivity contribution in [2.75, 3.05) is 13.1 Å². The molecule has 0 aliphatic heterocycles. The molecule has 0 aromatic heterocycles. The zero-order valence-corrected chi connectivity index (χ0v) is 15.0. The van der Waals surface area contributed by atoms with Crippen molar-refractivity contribution in [2.24, 2.45) is 17.3 Å². The van der Waals surface area contributed by atoms with Gasteiger partial charge in [0.25, 0.3) is 0 Å². The third kappa shape index (κ3) is 7.08. The van der Waals surface area contributed by atoms with Crippen LogP contribution in [0.4, 0.5) is 0 Å². The zero-order valence-electron chi connectivity index (χ0n) is 15.0. The minimum absolute atomic E-state index is 0.223. The van der Waals surface area contributed by atoms with E-state index in [4.69, 9.17) is 0 Å². The van der Waals surface area contributed by atoms with Gasteiger partial charge in [0.05, 0.1) is 0 Å². The highest BCUT2D eigenvalue weighted by atomic mass is 15.0. The summed E-state index contributed by atoms with van der Waals surface area (Å²) < 4.78 is 0. The molecule has 0 aromatic carbocycles. The summed E-state index contributed by atoms with van der Waals surface area (Å²) in [6, 6.07) is 0.564. The fourth-order valence-corrected chi connectivity index (χ4v) is 3.13. The van der Waals surface area contributed by atoms with E-state index in [1.54, 1.807) is 0 Å². The summed E-state index contributed by atoms with van der Waals surface area (Å²) in [5, 5.41) is 7.29. The molecule has 1 aliphatic rings. The Balaban J connectivity index is 2.18. The highest BCUT2D eigenvalue weighted by Gasteiger charge is 2.29. The SMILES string of the molecule is CC(CNC(C)(C)C)NCC1CCC(C(C)(C)C)CC1. The van der Waals surface area contributed by atoms with Gasteiger partial charge in [-0.3, -0.25) is 0 Å². The Labute approximate surface area is 127 Å². The maximum atomic E-state index is 3.72. The second-order valence-corrected chi connectivity index (χ2v) is 9.02. The zero-order chi connectivity index (χ0) is 15.4. The summed E-state index contributed by atoms with van der Waals surface area (Å²) in [6.07, 6.45) is 5.66. The van der Waals surface area contributed by atoms with Crippen LogP contribution in [0.3, 0.4) is 0 Å². The molecular formula is C18H38N2. The molecule has 0 amide bonds. The largest absolute Gasteiger partial charge is 0.313 e. The standard InChI is InChI=1S/C18H38N2/c1-14(12-20-18(5,6)7)19-13-15-8-10-16(11-9-15)17(2,3)4/h14-16,19-20H,8-13H2,1-7H3. The molecule has 0 spiro atoms. The summed E-state index contributed by atoms with van der Waals surface area (Å²) in [7, 11) is 0. The van der Waals surface area contributed by atoms with Crippen molar-refractivity contribution in [3.8, 4) is 0 Å². The Morgan fingerprint density at radius 1 is 0.950 bits per heavy atom. The lowest BCUT2D eigenvalue weighted by Crippen LogP contribution is -2.45. The second kappa shape index (κ2) is 7.26. The number of hydrogen-bond donors (Lipinski definition) is 2. The van der Waals surface area contributed by atoms with E-state index in [0.29, 0.717) is 11.5 Å². The van der Waals surface area contributed by atoms with Crippen LogP contribution in [0.5, 0.6) is 0 Å². The van der Waals surface area contributed by atoms with Gasteiger partial charge in [-0.05, 0) is 77.2 Å². The van der Waals surface area contributed by atoms with Gasteiger partial charge in [0.15, 0.2) is 0 Å². The molecule has 20 heavy (non-hydrogen) atoms. The van der Waals surface area contributed by atoms with E-state index in [9.17, 15) is 0 Å². The third-order valence-corrected chi connectivity index (χ3v) is 4.77. The third-order valence-electron chi connectivity index (χ3n) is 4.77. The maximum absolute atomic E-state index is 3.72. The van der Waals surface area contributed by atoms with Gasteiger partial charge < -0.3 is 10.6 Å². The van der Waals surface area contributed by atoms with Crippen molar-refractivity contribution in [1.82, 2.24) is 10.6 Å². The van der Waals surface area contributed by atoms with Crippen molar-refractivity contribution >= 4 is 0 Å². The topological polar surface area (TPSA) is 24.1 Å². The van der Waals surface area contributed by atoms with E-state index >= 15 is 0 Å². The first-order valence-corrected chi connectivity index (χ1v) is 8.56. The average molecular weight is 283 g/mol. The van der Waals surface area contributed by atoms with Gasteiger partial charge in [-0.25, -0.2) is 0 Å². The molecule has 1 unspecified atom stereocenters. The Bertz CT molecular complexity index is 264. The van der Waals surface area contributed by atoms with E-state index in [0.717, 1.165) is 18.4 Å². The highest BCUT2D eigenvalue weighted by molar-refractivity contribution is 4.82. The van der Waals surface area contributed by atoms with Crippen LogP contribution in [0.25, 0.3) is 0 Å². The fourth-order valence-electron chi connectivity index (χ4n) is 3.13. The Hall–Kier alpha value is -0.0800. The molecular weight excluding hydrogens is 244 g/mol. The van der Waals surface area contributed by atoms with Crippen LogP contribution in [0.2, 0.25) is 0 Å². The van der Waals surface area contributed by atoms with Crippen LogP contribution < -0.4 is 10.6 Å². The Morgan fingerprint density at radius 3 is 1.95 bits per heavy atom. The minimum Gasteiger partial charge on any atom is -0.313 e. The first-order chi connectivity index (χ1) is 9.08. The molecule has 0 radical (unpaired) electrons. The van der Waals surface area contributed by atoms with Crippen molar-refractivity contribution in [3.63, 3.8) is 0 Å². The van der Waals surface area contributed by atoms with Crippen LogP contribution >= 0.6 is 0 Å². The van der Waals surface area contributed by atoms with Gasteiger partial charge in [-0.2, -0.15) is 0 Å². The van der Waals surface area contributed by atoms with E-state index in [1.807, 2.05) is 0 Å². The van der Waals surface area contributed by atoms with E-state index in [-0.39, 0.29) is 5.54 Å². The van der Waals surface area contributed by atoms with Crippen LogP contribution in [0, 0.1) is 17.3 Å². The van der Waals surface area contributed by atoms with Crippen molar-refractivity contribution in [2.45, 2.75) is 85.7 Å². The first kappa shape index (κ1) is 18.0.